The minimum atomic E-state index is 0.299. The number of hydrogen-bond acceptors (Lipinski definition) is 7. The maximum absolute atomic E-state index is 8.66. The Hall–Kier alpha value is -3.53. The van der Waals surface area contributed by atoms with Crippen LogP contribution in [0.3, 0.4) is 0 Å². The van der Waals surface area contributed by atoms with Crippen LogP contribution < -0.4 is 10.2 Å². The Labute approximate surface area is 159 Å². The first-order valence-corrected chi connectivity index (χ1v) is 8.59. The number of nitrogens with one attached hydrogen (secondary N) is 1. The van der Waals surface area contributed by atoms with Crippen LogP contribution >= 0.6 is 0 Å². The van der Waals surface area contributed by atoms with Gasteiger partial charge in [-0.05, 0) is 36.2 Å². The zero-order valence-electron chi connectivity index (χ0n) is 15.6. The van der Waals surface area contributed by atoms with Crippen molar-refractivity contribution in [2.24, 2.45) is 0 Å². The van der Waals surface area contributed by atoms with Gasteiger partial charge >= 0.3 is 0 Å². The highest BCUT2D eigenvalue weighted by molar-refractivity contribution is 5.37. The summed E-state index contributed by atoms with van der Waals surface area (Å²) in [5.41, 5.74) is 1.88. The monoisotopic (exact) mass is 361 g/mol. The van der Waals surface area contributed by atoms with Gasteiger partial charge in [-0.3, -0.25) is 4.98 Å². The molecule has 0 radical (unpaired) electrons. The number of pyridine rings is 2. The summed E-state index contributed by atoms with van der Waals surface area (Å²) >= 11 is 0. The first kappa shape index (κ1) is 19.8. The normalized spacial score (nSPS) is 9.52. The molecule has 138 valence electrons. The zero-order valence-corrected chi connectivity index (χ0v) is 15.6. The summed E-state index contributed by atoms with van der Waals surface area (Å²) in [7, 11) is 3.93. The van der Waals surface area contributed by atoms with Gasteiger partial charge in [0.15, 0.2) is 0 Å². The number of hydrogen-bond donors (Lipinski definition) is 1. The molecule has 0 amide bonds. The lowest BCUT2D eigenvalue weighted by Crippen LogP contribution is -2.11. The van der Waals surface area contributed by atoms with Gasteiger partial charge in [-0.1, -0.05) is 12.1 Å². The maximum atomic E-state index is 8.66. The summed E-state index contributed by atoms with van der Waals surface area (Å²) < 4.78 is 0. The summed E-state index contributed by atoms with van der Waals surface area (Å²) in [6.45, 7) is 0.721. The Balaban J connectivity index is 0.000000369. The molecule has 0 bridgehead atoms. The Morgan fingerprint density at radius 1 is 1.04 bits per heavy atom. The van der Waals surface area contributed by atoms with E-state index in [1.54, 1.807) is 24.7 Å². The topological polar surface area (TPSA) is 90.6 Å². The Kier molecular flexibility index (Phi) is 8.18. The molecule has 0 aromatic carbocycles. The van der Waals surface area contributed by atoms with Gasteiger partial charge in [-0.25, -0.2) is 15.0 Å². The van der Waals surface area contributed by atoms with Gasteiger partial charge < -0.3 is 10.2 Å². The van der Waals surface area contributed by atoms with E-state index in [4.69, 9.17) is 5.26 Å². The summed E-state index contributed by atoms with van der Waals surface area (Å²) in [5, 5.41) is 11.8. The van der Waals surface area contributed by atoms with Crippen LogP contribution in [-0.4, -0.2) is 40.6 Å². The van der Waals surface area contributed by atoms with Gasteiger partial charge in [0.1, 0.15) is 5.82 Å². The largest absolute Gasteiger partial charge is 0.363 e. The fourth-order valence-corrected chi connectivity index (χ4v) is 2.12. The van der Waals surface area contributed by atoms with Gasteiger partial charge in [0.2, 0.25) is 5.95 Å². The molecule has 27 heavy (non-hydrogen) atoms. The van der Waals surface area contributed by atoms with Crippen LogP contribution in [0.5, 0.6) is 0 Å². The molecule has 0 atom stereocenters. The predicted octanol–water partition coefficient (Wildman–Crippen LogP) is 2.74. The van der Waals surface area contributed by atoms with Crippen molar-refractivity contribution in [2.45, 2.75) is 12.8 Å². The first-order valence-electron chi connectivity index (χ1n) is 8.59. The van der Waals surface area contributed by atoms with Crippen LogP contribution in [0.25, 0.3) is 0 Å². The Bertz CT molecular complexity index is 800. The highest BCUT2D eigenvalue weighted by atomic mass is 15.1. The van der Waals surface area contributed by atoms with Gasteiger partial charge in [0.25, 0.3) is 0 Å². The number of nitriles is 1. The van der Waals surface area contributed by atoms with Gasteiger partial charge in [0, 0.05) is 45.4 Å². The third kappa shape index (κ3) is 7.48. The summed E-state index contributed by atoms with van der Waals surface area (Å²) in [6.07, 6.45) is 8.18. The van der Waals surface area contributed by atoms with Crippen molar-refractivity contribution in [3.8, 4) is 6.07 Å². The first-order chi connectivity index (χ1) is 13.2. The lowest BCUT2D eigenvalue weighted by Gasteiger charge is -2.11. The third-order valence-electron chi connectivity index (χ3n) is 3.50. The minimum absolute atomic E-state index is 0.299. The highest BCUT2D eigenvalue weighted by Crippen LogP contribution is 2.08. The molecular weight excluding hydrogens is 338 g/mol. The second-order valence-electron chi connectivity index (χ2n) is 5.83. The van der Waals surface area contributed by atoms with Crippen LogP contribution in [0.4, 0.5) is 11.8 Å². The third-order valence-corrected chi connectivity index (χ3v) is 3.50. The molecular formula is C20H23N7. The number of rotatable bonds is 6. The number of aromatic nitrogens is 4. The predicted molar refractivity (Wildman–Crippen MR) is 106 cm³/mol. The molecule has 3 rings (SSSR count). The van der Waals surface area contributed by atoms with E-state index in [0.29, 0.717) is 12.4 Å². The smallest absolute Gasteiger partial charge is 0.222 e. The summed E-state index contributed by atoms with van der Waals surface area (Å²) in [6, 6.07) is 13.6. The van der Waals surface area contributed by atoms with E-state index in [-0.39, 0.29) is 0 Å². The molecule has 3 aromatic rings. The van der Waals surface area contributed by atoms with E-state index < -0.39 is 0 Å². The molecule has 3 heterocycles. The molecule has 0 saturated carbocycles. The van der Waals surface area contributed by atoms with Crippen molar-refractivity contribution >= 4 is 11.8 Å². The summed E-state index contributed by atoms with van der Waals surface area (Å²) in [4.78, 5) is 18.5. The lowest BCUT2D eigenvalue weighted by atomic mass is 10.2. The van der Waals surface area contributed by atoms with E-state index in [9.17, 15) is 0 Å². The molecule has 7 nitrogen and oxygen atoms in total. The van der Waals surface area contributed by atoms with Crippen molar-refractivity contribution in [3.63, 3.8) is 0 Å². The van der Waals surface area contributed by atoms with Crippen LogP contribution in [0.2, 0.25) is 0 Å². The fraction of sp³-hybridized carbons (Fsp3) is 0.250. The van der Waals surface area contributed by atoms with E-state index in [1.165, 1.54) is 0 Å². The standard InChI is InChI=1S/C15H18N6.C5H5N/c1-21(2)14-4-3-12(11-19-14)6-9-17-15-18-10-7-13(20-15)5-8-16;1-2-4-6-5-3-1/h3-4,7,10-11H,5-6,9H2,1-2H3,(H,17,18,20);1-5H. The average Bonchev–Trinajstić information content (AvgIpc) is 2.71. The minimum Gasteiger partial charge on any atom is -0.363 e. The van der Waals surface area contributed by atoms with Crippen molar-refractivity contribution < 1.29 is 0 Å². The number of anilines is 2. The van der Waals surface area contributed by atoms with E-state index in [2.05, 4.69) is 37.4 Å². The van der Waals surface area contributed by atoms with Crippen molar-refractivity contribution in [3.05, 3.63) is 72.4 Å². The second kappa shape index (κ2) is 11.2. The van der Waals surface area contributed by atoms with Crippen molar-refractivity contribution in [1.82, 2.24) is 19.9 Å². The van der Waals surface area contributed by atoms with Crippen molar-refractivity contribution in [1.29, 1.82) is 5.26 Å². The molecule has 0 saturated heterocycles. The van der Waals surface area contributed by atoms with Crippen LogP contribution in [0.15, 0.2) is 61.2 Å². The van der Waals surface area contributed by atoms with Crippen molar-refractivity contribution in [2.75, 3.05) is 30.9 Å². The molecule has 1 N–H and O–H groups in total. The molecule has 0 spiro atoms. The quantitative estimate of drug-likeness (QED) is 0.722. The molecule has 3 aromatic heterocycles. The molecule has 0 aliphatic carbocycles. The fourth-order valence-electron chi connectivity index (χ4n) is 2.12. The average molecular weight is 361 g/mol. The molecule has 0 fully saturated rings. The molecule has 7 heteroatoms. The Morgan fingerprint density at radius 2 is 1.85 bits per heavy atom. The SMILES string of the molecule is CN(C)c1ccc(CCNc2nccc(CC#N)n2)cn1.c1ccncc1. The maximum Gasteiger partial charge on any atom is 0.222 e. The van der Waals surface area contributed by atoms with Crippen LogP contribution in [-0.2, 0) is 12.8 Å². The van der Waals surface area contributed by atoms with Crippen LogP contribution in [0, 0.1) is 11.3 Å². The van der Waals surface area contributed by atoms with Gasteiger partial charge in [-0.2, -0.15) is 5.26 Å². The molecule has 0 aliphatic rings. The second-order valence-corrected chi connectivity index (χ2v) is 5.83. The van der Waals surface area contributed by atoms with E-state index >= 15 is 0 Å². The molecule has 0 unspecified atom stereocenters. The van der Waals surface area contributed by atoms with E-state index in [1.807, 2.05) is 49.5 Å². The zero-order chi connectivity index (χ0) is 19.3. The summed E-state index contributed by atoms with van der Waals surface area (Å²) in [5.74, 6) is 1.50. The van der Waals surface area contributed by atoms with Gasteiger partial charge in [0.05, 0.1) is 18.2 Å². The molecule has 0 aliphatic heterocycles. The van der Waals surface area contributed by atoms with E-state index in [0.717, 1.165) is 30.0 Å². The highest BCUT2D eigenvalue weighted by Gasteiger charge is 2.00. The van der Waals surface area contributed by atoms with Gasteiger partial charge in [-0.15, -0.1) is 0 Å². The number of nitrogens with zero attached hydrogens (tertiary/aromatic N) is 6. The Morgan fingerprint density at radius 3 is 2.41 bits per heavy atom. The van der Waals surface area contributed by atoms with Crippen LogP contribution in [0.1, 0.15) is 11.3 Å². The lowest BCUT2D eigenvalue weighted by molar-refractivity contribution is 0.955.